The number of benzene rings is 1. The molecule has 124 valence electrons. The zero-order valence-electron chi connectivity index (χ0n) is 13.3. The monoisotopic (exact) mass is 346 g/mol. The maximum absolute atomic E-state index is 13.8. The van der Waals surface area contributed by atoms with E-state index in [2.05, 4.69) is 23.8 Å². The summed E-state index contributed by atoms with van der Waals surface area (Å²) in [6, 6.07) is 4.62. The molecular formula is C17H16ClFN4O. The van der Waals surface area contributed by atoms with Crippen molar-refractivity contribution in [2.75, 3.05) is 0 Å². The lowest BCUT2D eigenvalue weighted by Gasteiger charge is -2.07. The van der Waals surface area contributed by atoms with E-state index in [4.69, 9.17) is 17.3 Å². The fourth-order valence-corrected chi connectivity index (χ4v) is 2.73. The highest BCUT2D eigenvalue weighted by atomic mass is 35.5. The normalized spacial score (nSPS) is 11.4. The Labute approximate surface area is 143 Å². The van der Waals surface area contributed by atoms with Crippen molar-refractivity contribution in [3.63, 3.8) is 0 Å². The van der Waals surface area contributed by atoms with Crippen LogP contribution in [0.5, 0.6) is 0 Å². The molecule has 0 atom stereocenters. The predicted molar refractivity (Wildman–Crippen MR) is 91.3 cm³/mol. The smallest absolute Gasteiger partial charge is 0.286 e. The minimum absolute atomic E-state index is 0.0422. The van der Waals surface area contributed by atoms with Crippen molar-refractivity contribution in [2.24, 2.45) is 11.7 Å². The van der Waals surface area contributed by atoms with Crippen LogP contribution in [0.2, 0.25) is 5.02 Å². The lowest BCUT2D eigenvalue weighted by Crippen LogP contribution is -2.15. The van der Waals surface area contributed by atoms with Gasteiger partial charge in [0.05, 0.1) is 5.02 Å². The Morgan fingerprint density at radius 2 is 2.17 bits per heavy atom. The van der Waals surface area contributed by atoms with Crippen LogP contribution in [0, 0.1) is 11.7 Å². The van der Waals surface area contributed by atoms with E-state index in [1.807, 2.05) is 10.8 Å². The number of halogens is 2. The van der Waals surface area contributed by atoms with Gasteiger partial charge >= 0.3 is 0 Å². The number of primary amides is 1. The van der Waals surface area contributed by atoms with Gasteiger partial charge in [0.25, 0.3) is 5.91 Å². The van der Waals surface area contributed by atoms with Gasteiger partial charge in [-0.3, -0.25) is 4.79 Å². The number of nitrogens with two attached hydrogens (primary N) is 1. The van der Waals surface area contributed by atoms with E-state index in [-0.39, 0.29) is 10.8 Å². The van der Waals surface area contributed by atoms with Gasteiger partial charge in [0, 0.05) is 29.9 Å². The van der Waals surface area contributed by atoms with Crippen molar-refractivity contribution in [1.29, 1.82) is 0 Å². The van der Waals surface area contributed by atoms with Gasteiger partial charge in [0.2, 0.25) is 5.82 Å². The molecule has 5 nitrogen and oxygen atoms in total. The Morgan fingerprint density at radius 1 is 1.42 bits per heavy atom. The highest BCUT2D eigenvalue weighted by Gasteiger charge is 2.16. The van der Waals surface area contributed by atoms with E-state index >= 15 is 0 Å². The van der Waals surface area contributed by atoms with Crippen molar-refractivity contribution in [2.45, 2.75) is 20.4 Å². The number of nitrogens with zero attached hydrogens (tertiary/aromatic N) is 3. The quantitative estimate of drug-likeness (QED) is 0.783. The van der Waals surface area contributed by atoms with E-state index in [1.54, 1.807) is 12.3 Å². The number of fused-ring (bicyclic) bond motifs is 1. The van der Waals surface area contributed by atoms with Crippen molar-refractivity contribution in [1.82, 2.24) is 14.5 Å². The van der Waals surface area contributed by atoms with Crippen LogP contribution < -0.4 is 5.73 Å². The third-order valence-corrected chi connectivity index (χ3v) is 3.94. The number of carbonyl (C=O) groups excluding carboxylic acids is 1. The zero-order chi connectivity index (χ0) is 17.4. The Hall–Kier alpha value is -2.47. The molecule has 2 aromatic heterocycles. The summed E-state index contributed by atoms with van der Waals surface area (Å²) in [5.41, 5.74) is 7.31. The maximum Gasteiger partial charge on any atom is 0.286 e. The van der Waals surface area contributed by atoms with Crippen LogP contribution in [0.1, 0.15) is 24.5 Å². The van der Waals surface area contributed by atoms with Crippen LogP contribution in [0.3, 0.4) is 0 Å². The topological polar surface area (TPSA) is 73.8 Å². The average molecular weight is 347 g/mol. The fourth-order valence-electron chi connectivity index (χ4n) is 2.61. The first kappa shape index (κ1) is 16.4. The molecule has 0 saturated carbocycles. The second-order valence-electron chi connectivity index (χ2n) is 6.01. The second kappa shape index (κ2) is 6.20. The third-order valence-electron chi connectivity index (χ3n) is 3.63. The summed E-state index contributed by atoms with van der Waals surface area (Å²) in [7, 11) is 0. The molecule has 0 aliphatic heterocycles. The molecule has 2 heterocycles. The lowest BCUT2D eigenvalue weighted by molar-refractivity contribution is 0.0990. The van der Waals surface area contributed by atoms with E-state index in [0.29, 0.717) is 23.7 Å². The van der Waals surface area contributed by atoms with Crippen LogP contribution in [-0.2, 0) is 6.54 Å². The molecule has 1 aromatic carbocycles. The number of hydrogen-bond acceptors (Lipinski definition) is 3. The number of hydrogen-bond donors (Lipinski definition) is 1. The molecule has 0 aliphatic carbocycles. The summed E-state index contributed by atoms with van der Waals surface area (Å²) in [5.74, 6) is -0.858. The van der Waals surface area contributed by atoms with Gasteiger partial charge in [-0.15, -0.1) is 0 Å². The SMILES string of the molecule is CC(C)Cn1cc(-c2ccc(Cl)c(F)c2)c2cnc(C(N)=O)nc21. The number of rotatable bonds is 4. The fraction of sp³-hybridized carbons (Fsp3) is 0.235. The molecule has 24 heavy (non-hydrogen) atoms. The highest BCUT2D eigenvalue weighted by Crippen LogP contribution is 2.31. The van der Waals surface area contributed by atoms with Gasteiger partial charge in [0.1, 0.15) is 11.5 Å². The van der Waals surface area contributed by atoms with Gasteiger partial charge in [-0.05, 0) is 23.6 Å². The molecule has 0 radical (unpaired) electrons. The summed E-state index contributed by atoms with van der Waals surface area (Å²) in [4.78, 5) is 19.6. The van der Waals surface area contributed by atoms with Crippen LogP contribution in [-0.4, -0.2) is 20.4 Å². The number of amides is 1. The van der Waals surface area contributed by atoms with Crippen molar-refractivity contribution < 1.29 is 9.18 Å². The molecule has 3 rings (SSSR count). The minimum atomic E-state index is -0.687. The molecule has 0 fully saturated rings. The zero-order valence-corrected chi connectivity index (χ0v) is 14.0. The second-order valence-corrected chi connectivity index (χ2v) is 6.42. The van der Waals surface area contributed by atoms with Crippen LogP contribution in [0.15, 0.2) is 30.6 Å². The molecule has 0 saturated heterocycles. The largest absolute Gasteiger partial charge is 0.363 e. The lowest BCUT2D eigenvalue weighted by atomic mass is 10.1. The van der Waals surface area contributed by atoms with Crippen molar-refractivity contribution in [3.8, 4) is 11.1 Å². The standard InChI is InChI=1S/C17H16ClFN4O/c1-9(2)7-23-8-12(10-3-4-13(18)14(19)5-10)11-6-21-16(15(20)24)22-17(11)23/h3-6,8-9H,7H2,1-2H3,(H2,20,24). The van der Waals surface area contributed by atoms with Crippen LogP contribution in [0.4, 0.5) is 4.39 Å². The van der Waals surface area contributed by atoms with Gasteiger partial charge in [-0.1, -0.05) is 31.5 Å². The molecule has 7 heteroatoms. The molecule has 0 spiro atoms. The maximum atomic E-state index is 13.8. The van der Waals surface area contributed by atoms with E-state index in [0.717, 1.165) is 10.9 Å². The highest BCUT2D eigenvalue weighted by molar-refractivity contribution is 6.30. The summed E-state index contributed by atoms with van der Waals surface area (Å²) < 4.78 is 15.7. The van der Waals surface area contributed by atoms with Gasteiger partial charge in [-0.25, -0.2) is 14.4 Å². The Kier molecular flexibility index (Phi) is 4.24. The van der Waals surface area contributed by atoms with Crippen molar-refractivity contribution >= 4 is 28.5 Å². The summed E-state index contributed by atoms with van der Waals surface area (Å²) in [6.07, 6.45) is 3.42. The first-order valence-electron chi connectivity index (χ1n) is 7.48. The Morgan fingerprint density at radius 3 is 2.79 bits per heavy atom. The number of aromatic nitrogens is 3. The van der Waals surface area contributed by atoms with E-state index in [9.17, 15) is 9.18 Å². The van der Waals surface area contributed by atoms with Crippen LogP contribution >= 0.6 is 11.6 Å². The predicted octanol–water partition coefficient (Wildman–Crippen LogP) is 3.65. The molecule has 3 aromatic rings. The molecule has 0 aliphatic rings. The first-order chi connectivity index (χ1) is 11.4. The first-order valence-corrected chi connectivity index (χ1v) is 7.85. The summed E-state index contributed by atoms with van der Waals surface area (Å²) in [5, 5.41) is 0.791. The van der Waals surface area contributed by atoms with E-state index in [1.165, 1.54) is 12.1 Å². The van der Waals surface area contributed by atoms with Gasteiger partial charge in [-0.2, -0.15) is 0 Å². The van der Waals surface area contributed by atoms with Crippen LogP contribution in [0.25, 0.3) is 22.2 Å². The van der Waals surface area contributed by atoms with Gasteiger partial charge in [0.15, 0.2) is 0 Å². The molecule has 0 bridgehead atoms. The van der Waals surface area contributed by atoms with Gasteiger partial charge < -0.3 is 10.3 Å². The Balaban J connectivity index is 2.24. The number of carbonyl (C=O) groups is 1. The third kappa shape index (κ3) is 2.97. The molecule has 0 unspecified atom stereocenters. The summed E-state index contributed by atoms with van der Waals surface area (Å²) in [6.45, 7) is 4.84. The average Bonchev–Trinajstić information content (AvgIpc) is 2.87. The molecular weight excluding hydrogens is 331 g/mol. The molecule has 1 amide bonds. The Bertz CT molecular complexity index is 936. The van der Waals surface area contributed by atoms with E-state index < -0.39 is 11.7 Å². The molecule has 2 N–H and O–H groups in total. The minimum Gasteiger partial charge on any atom is -0.363 e. The van der Waals surface area contributed by atoms with Crippen molar-refractivity contribution in [3.05, 3.63) is 47.3 Å². The summed E-state index contributed by atoms with van der Waals surface area (Å²) >= 11 is 5.76.